The molecule has 0 radical (unpaired) electrons. The molecule has 0 aliphatic rings. The molecule has 0 bridgehead atoms. The molecule has 0 saturated carbocycles. The van der Waals surface area contributed by atoms with E-state index < -0.39 is 5.82 Å². The molecule has 3 aromatic rings. The van der Waals surface area contributed by atoms with Gasteiger partial charge < -0.3 is 0 Å². The monoisotopic (exact) mass is 285 g/mol. The Hall–Kier alpha value is -2.89. The van der Waals surface area contributed by atoms with Crippen LogP contribution in [-0.2, 0) is 0 Å². The highest BCUT2D eigenvalue weighted by Gasteiger charge is 2.13. The molecule has 3 rings (SSSR count). The highest BCUT2D eigenvalue weighted by atomic mass is 19.1. The fourth-order valence-corrected chi connectivity index (χ4v) is 1.91. The van der Waals surface area contributed by atoms with Gasteiger partial charge in [-0.15, -0.1) is 0 Å². The van der Waals surface area contributed by atoms with Crippen LogP contribution in [0.2, 0.25) is 0 Å². The number of aromatic nitrogens is 3. The first-order chi connectivity index (χ1) is 10.2. The average Bonchev–Trinajstić information content (AvgIpc) is 2.93. The number of pyridine rings is 1. The van der Waals surface area contributed by atoms with E-state index in [1.807, 2.05) is 0 Å². The Bertz CT molecular complexity index is 780. The summed E-state index contributed by atoms with van der Waals surface area (Å²) in [5, 5.41) is 4.26. The van der Waals surface area contributed by atoms with Crippen molar-refractivity contribution in [3.05, 3.63) is 66.0 Å². The van der Waals surface area contributed by atoms with Gasteiger partial charge in [0.25, 0.3) is 0 Å². The number of carbonyl (C=O) groups excluding carboxylic acids is 1. The molecular weight excluding hydrogens is 276 g/mol. The molecule has 0 fully saturated rings. The Morgan fingerprint density at radius 1 is 1.00 bits per heavy atom. The molecule has 0 amide bonds. The van der Waals surface area contributed by atoms with Gasteiger partial charge in [-0.25, -0.2) is 13.5 Å². The molecule has 0 spiro atoms. The zero-order valence-corrected chi connectivity index (χ0v) is 10.7. The first-order valence-electron chi connectivity index (χ1n) is 6.10. The third kappa shape index (κ3) is 2.55. The van der Waals surface area contributed by atoms with Crippen molar-refractivity contribution < 1.29 is 13.6 Å². The van der Waals surface area contributed by atoms with Crippen molar-refractivity contribution in [2.45, 2.75) is 0 Å². The fourth-order valence-electron chi connectivity index (χ4n) is 1.91. The summed E-state index contributed by atoms with van der Waals surface area (Å²) in [4.78, 5) is 15.1. The highest BCUT2D eigenvalue weighted by molar-refractivity contribution is 5.84. The summed E-state index contributed by atoms with van der Waals surface area (Å²) < 4.78 is 27.3. The van der Waals surface area contributed by atoms with Crippen LogP contribution in [0.25, 0.3) is 17.1 Å². The molecular formula is C15H9F2N3O. The molecule has 0 atom stereocenters. The largest absolute Gasteiger partial charge is 0.298 e. The molecule has 0 N–H and O–H groups in total. The van der Waals surface area contributed by atoms with E-state index in [4.69, 9.17) is 0 Å². The van der Waals surface area contributed by atoms with E-state index in [2.05, 4.69) is 10.1 Å². The van der Waals surface area contributed by atoms with Crippen LogP contribution < -0.4 is 0 Å². The van der Waals surface area contributed by atoms with Gasteiger partial charge in [0.1, 0.15) is 17.3 Å². The Labute approximate surface area is 118 Å². The van der Waals surface area contributed by atoms with Gasteiger partial charge in [0.2, 0.25) is 0 Å². The summed E-state index contributed by atoms with van der Waals surface area (Å²) in [5.74, 6) is -0.827. The second-order valence-corrected chi connectivity index (χ2v) is 4.33. The summed E-state index contributed by atoms with van der Waals surface area (Å²) in [7, 11) is 0. The van der Waals surface area contributed by atoms with Gasteiger partial charge in [-0.05, 0) is 36.4 Å². The van der Waals surface area contributed by atoms with Crippen LogP contribution in [0.1, 0.15) is 10.4 Å². The summed E-state index contributed by atoms with van der Waals surface area (Å²) >= 11 is 0. The first kappa shape index (κ1) is 13.1. The van der Waals surface area contributed by atoms with Crippen LogP contribution in [0.3, 0.4) is 0 Å². The standard InChI is InChI=1S/C15H9F2N3O/c16-11-1-4-13(5-2-11)20-8-10(9-21)15(19-20)14-6-3-12(17)7-18-14/h1-9H. The van der Waals surface area contributed by atoms with E-state index >= 15 is 0 Å². The predicted molar refractivity (Wildman–Crippen MR) is 72.1 cm³/mol. The molecule has 0 aliphatic carbocycles. The van der Waals surface area contributed by atoms with Gasteiger partial charge in [0.05, 0.1) is 23.1 Å². The van der Waals surface area contributed by atoms with E-state index in [-0.39, 0.29) is 5.82 Å². The lowest BCUT2D eigenvalue weighted by atomic mass is 10.2. The molecule has 0 aliphatic heterocycles. The van der Waals surface area contributed by atoms with Crippen molar-refractivity contribution in [2.24, 2.45) is 0 Å². The highest BCUT2D eigenvalue weighted by Crippen LogP contribution is 2.21. The van der Waals surface area contributed by atoms with Gasteiger partial charge in [0.15, 0.2) is 6.29 Å². The van der Waals surface area contributed by atoms with Crippen LogP contribution in [0, 0.1) is 11.6 Å². The third-order valence-electron chi connectivity index (χ3n) is 2.93. The zero-order valence-electron chi connectivity index (χ0n) is 10.7. The van der Waals surface area contributed by atoms with Gasteiger partial charge in [-0.3, -0.25) is 9.78 Å². The van der Waals surface area contributed by atoms with Crippen molar-refractivity contribution in [3.63, 3.8) is 0 Å². The minimum absolute atomic E-state index is 0.318. The normalized spacial score (nSPS) is 10.6. The second kappa shape index (κ2) is 5.24. The number of carbonyl (C=O) groups is 1. The maximum atomic E-state index is 12.9. The maximum Gasteiger partial charge on any atom is 0.153 e. The second-order valence-electron chi connectivity index (χ2n) is 4.33. The van der Waals surface area contributed by atoms with E-state index in [1.165, 1.54) is 35.1 Å². The molecule has 2 aromatic heterocycles. The van der Waals surface area contributed by atoms with E-state index in [1.54, 1.807) is 12.1 Å². The maximum absolute atomic E-state index is 12.9. The summed E-state index contributed by atoms with van der Waals surface area (Å²) in [6.45, 7) is 0. The Kier molecular flexibility index (Phi) is 3.27. The zero-order chi connectivity index (χ0) is 14.8. The number of nitrogens with zero attached hydrogens (tertiary/aromatic N) is 3. The van der Waals surface area contributed by atoms with Crippen LogP contribution >= 0.6 is 0 Å². The van der Waals surface area contributed by atoms with E-state index in [9.17, 15) is 13.6 Å². The first-order valence-corrected chi connectivity index (χ1v) is 6.10. The number of halogens is 2. The van der Waals surface area contributed by atoms with E-state index in [0.29, 0.717) is 28.9 Å². The van der Waals surface area contributed by atoms with Gasteiger partial charge in [0, 0.05) is 6.20 Å². The predicted octanol–water partition coefficient (Wildman–Crippen LogP) is 3.03. The van der Waals surface area contributed by atoms with Crippen molar-refractivity contribution in [1.82, 2.24) is 14.8 Å². The summed E-state index contributed by atoms with van der Waals surface area (Å²) in [5.41, 5.74) is 1.65. The molecule has 0 saturated heterocycles. The summed E-state index contributed by atoms with van der Waals surface area (Å²) in [6, 6.07) is 8.37. The van der Waals surface area contributed by atoms with Crippen LogP contribution in [0.4, 0.5) is 8.78 Å². The molecule has 4 nitrogen and oxygen atoms in total. The van der Waals surface area contributed by atoms with E-state index in [0.717, 1.165) is 6.20 Å². The molecule has 0 unspecified atom stereocenters. The minimum Gasteiger partial charge on any atom is -0.298 e. The molecule has 1 aromatic carbocycles. The van der Waals surface area contributed by atoms with Gasteiger partial charge >= 0.3 is 0 Å². The molecule has 104 valence electrons. The number of hydrogen-bond acceptors (Lipinski definition) is 3. The molecule has 6 heteroatoms. The average molecular weight is 285 g/mol. The minimum atomic E-state index is -0.468. The lowest BCUT2D eigenvalue weighted by Crippen LogP contribution is -1.95. The van der Waals surface area contributed by atoms with Crippen molar-refractivity contribution in [2.75, 3.05) is 0 Å². The SMILES string of the molecule is O=Cc1cn(-c2ccc(F)cc2)nc1-c1ccc(F)cn1. The Balaban J connectivity index is 2.08. The third-order valence-corrected chi connectivity index (χ3v) is 2.93. The Morgan fingerprint density at radius 3 is 2.33 bits per heavy atom. The Morgan fingerprint density at radius 2 is 1.71 bits per heavy atom. The van der Waals surface area contributed by atoms with Crippen LogP contribution in [0.5, 0.6) is 0 Å². The van der Waals surface area contributed by atoms with Gasteiger partial charge in [-0.2, -0.15) is 5.10 Å². The number of hydrogen-bond donors (Lipinski definition) is 0. The number of rotatable bonds is 3. The lowest BCUT2D eigenvalue weighted by molar-refractivity contribution is 0.112. The van der Waals surface area contributed by atoms with Crippen LogP contribution in [-0.4, -0.2) is 21.1 Å². The number of aldehydes is 1. The topological polar surface area (TPSA) is 47.8 Å². The van der Waals surface area contributed by atoms with Crippen LogP contribution in [0.15, 0.2) is 48.8 Å². The van der Waals surface area contributed by atoms with Crippen molar-refractivity contribution in [1.29, 1.82) is 0 Å². The quantitative estimate of drug-likeness (QED) is 0.695. The lowest BCUT2D eigenvalue weighted by Gasteiger charge is -2.00. The molecule has 2 heterocycles. The van der Waals surface area contributed by atoms with Gasteiger partial charge in [-0.1, -0.05) is 0 Å². The fraction of sp³-hybridized carbons (Fsp3) is 0. The summed E-state index contributed by atoms with van der Waals surface area (Å²) in [6.07, 6.45) is 3.22. The molecule has 21 heavy (non-hydrogen) atoms. The number of benzene rings is 1. The van der Waals surface area contributed by atoms with Crippen molar-refractivity contribution in [3.8, 4) is 17.1 Å². The smallest absolute Gasteiger partial charge is 0.153 e. The van der Waals surface area contributed by atoms with Crippen molar-refractivity contribution >= 4 is 6.29 Å².